The highest BCUT2D eigenvalue weighted by molar-refractivity contribution is 8.33. The molecule has 188 valence electrons. The van der Waals surface area contributed by atoms with E-state index in [-0.39, 0.29) is 10.5 Å². The quantitative estimate of drug-likeness (QED) is 0.263. The van der Waals surface area contributed by atoms with Crippen molar-refractivity contribution in [3.8, 4) is 5.75 Å². The molecule has 0 amide bonds. The van der Waals surface area contributed by atoms with Gasteiger partial charge >= 0.3 is 10.1 Å². The lowest BCUT2D eigenvalue weighted by molar-refractivity contribution is 0.131. The lowest BCUT2D eigenvalue weighted by atomic mass is 10.2. The van der Waals surface area contributed by atoms with Gasteiger partial charge in [0, 0.05) is 27.6 Å². The van der Waals surface area contributed by atoms with Crippen molar-refractivity contribution in [3.63, 3.8) is 0 Å². The number of ether oxygens (including phenoxy) is 1. The summed E-state index contributed by atoms with van der Waals surface area (Å²) in [5, 5.41) is 0.947. The van der Waals surface area contributed by atoms with E-state index in [1.165, 1.54) is 0 Å². The number of hydrogen-bond donors (Lipinski definition) is 0. The zero-order valence-corrected chi connectivity index (χ0v) is 22.6. The van der Waals surface area contributed by atoms with Crippen LogP contribution in [0.25, 0.3) is 0 Å². The van der Waals surface area contributed by atoms with Crippen LogP contribution < -0.4 is 4.74 Å². The molecule has 0 fully saturated rings. The maximum absolute atomic E-state index is 13.9. The van der Waals surface area contributed by atoms with Crippen LogP contribution in [0.2, 0.25) is 0 Å². The summed E-state index contributed by atoms with van der Waals surface area (Å²) in [6, 6.07) is 23.2. The molecule has 2 aromatic carbocycles. The minimum absolute atomic E-state index is 0.115. The number of nitrogens with zero attached hydrogens (tertiary/aromatic N) is 2. The van der Waals surface area contributed by atoms with Crippen LogP contribution in [0.15, 0.2) is 111 Å². The first-order valence-electron chi connectivity index (χ1n) is 11.5. The second-order valence-corrected chi connectivity index (χ2v) is 13.7. The Morgan fingerprint density at radius 1 is 0.750 bits per heavy atom. The van der Waals surface area contributed by atoms with E-state index in [1.807, 2.05) is 70.2 Å². The molecule has 0 aliphatic heterocycles. The number of benzene rings is 2. The molecule has 4 rings (SSSR count). The first kappa shape index (κ1) is 25.9. The predicted octanol–water partition coefficient (Wildman–Crippen LogP) is 6.87. The van der Waals surface area contributed by atoms with Crippen LogP contribution in [0, 0.1) is 13.8 Å². The first-order valence-corrected chi connectivity index (χ1v) is 14.5. The molecule has 0 radical (unpaired) electrons. The molecule has 0 spiro atoms. The van der Waals surface area contributed by atoms with Crippen molar-refractivity contribution >= 4 is 20.4 Å². The van der Waals surface area contributed by atoms with Gasteiger partial charge in [-0.1, -0.05) is 29.8 Å². The van der Waals surface area contributed by atoms with Gasteiger partial charge in [-0.3, -0.25) is 0 Å². The summed E-state index contributed by atoms with van der Waals surface area (Å²) in [4.78, 5) is 9.90. The summed E-state index contributed by atoms with van der Waals surface area (Å²) in [5.41, 5.74) is 1.20. The lowest BCUT2D eigenvalue weighted by Crippen LogP contribution is -2.23. The zero-order chi connectivity index (χ0) is 26.0. The van der Waals surface area contributed by atoms with Crippen molar-refractivity contribution in [1.29, 1.82) is 0 Å². The summed E-state index contributed by atoms with van der Waals surface area (Å²) >= 11 is 0. The minimum atomic E-state index is -4.22. The summed E-state index contributed by atoms with van der Waals surface area (Å²) < 4.78 is 40.1. The van der Waals surface area contributed by atoms with E-state index in [0.717, 1.165) is 5.56 Å². The summed E-state index contributed by atoms with van der Waals surface area (Å²) in [6.07, 6.45) is 3.26. The Balaban J connectivity index is 1.96. The Labute approximate surface area is 215 Å². The van der Waals surface area contributed by atoms with Crippen LogP contribution in [0.3, 0.4) is 0 Å². The maximum Gasteiger partial charge on any atom is 0.307 e. The third-order valence-corrected chi connectivity index (χ3v) is 10.4. The number of aryl methyl sites for hydroxylation is 2. The average Bonchev–Trinajstić information content (AvgIpc) is 2.83. The molecule has 0 N–H and O–H groups in total. The normalized spacial score (nSPS) is 12.8. The van der Waals surface area contributed by atoms with E-state index in [9.17, 15) is 8.42 Å². The Morgan fingerprint density at radius 2 is 1.33 bits per heavy atom. The van der Waals surface area contributed by atoms with Gasteiger partial charge in [-0.15, -0.1) is 0 Å². The average molecular weight is 523 g/mol. The van der Waals surface area contributed by atoms with Crippen LogP contribution in [0.4, 0.5) is 0 Å². The molecule has 6 nitrogen and oxygen atoms in total. The summed E-state index contributed by atoms with van der Waals surface area (Å²) in [5.74, 6) is 0.666. The molecular weight excluding hydrogens is 492 g/mol. The second-order valence-electron chi connectivity index (χ2n) is 9.37. The Hall–Kier alpha value is -3.20. The molecule has 8 heteroatoms. The van der Waals surface area contributed by atoms with E-state index in [2.05, 4.69) is 9.97 Å². The van der Waals surface area contributed by atoms with Crippen molar-refractivity contribution < 1.29 is 16.8 Å². The van der Waals surface area contributed by atoms with Gasteiger partial charge in [-0.25, -0.2) is 9.97 Å². The van der Waals surface area contributed by atoms with Crippen LogP contribution in [0.5, 0.6) is 5.75 Å². The number of aromatic nitrogens is 2. The number of rotatable bonds is 7. The third-order valence-electron chi connectivity index (χ3n) is 5.24. The van der Waals surface area contributed by atoms with Gasteiger partial charge in [-0.2, -0.15) is 12.0 Å². The van der Waals surface area contributed by atoms with Crippen molar-refractivity contribution in [2.45, 2.75) is 60.1 Å². The number of hydrogen-bond acceptors (Lipinski definition) is 6. The minimum Gasteiger partial charge on any atom is -0.488 e. The molecule has 0 unspecified atom stereocenters. The fourth-order valence-electron chi connectivity index (χ4n) is 3.80. The Bertz CT molecular complexity index is 1400. The van der Waals surface area contributed by atoms with E-state index < -0.39 is 20.4 Å². The molecule has 4 aromatic rings. The highest BCUT2D eigenvalue weighted by Gasteiger charge is 2.41. The predicted molar refractivity (Wildman–Crippen MR) is 142 cm³/mol. The van der Waals surface area contributed by atoms with E-state index in [0.29, 0.717) is 26.3 Å². The summed E-state index contributed by atoms with van der Waals surface area (Å²) in [6.45, 7) is 9.59. The Morgan fingerprint density at radius 3 is 1.81 bits per heavy atom. The number of pyridine rings is 2. The molecule has 2 aromatic heterocycles. The SMILES string of the molecule is Cc1ccc(S(=O)(=O)OS(c2ccc(OC(C)(C)C)cc2)(c2ccccn2)c2ccccn2)c(C)c1. The van der Waals surface area contributed by atoms with Crippen molar-refractivity contribution in [3.05, 3.63) is 102 Å². The second kappa shape index (κ2) is 10.0. The summed E-state index contributed by atoms with van der Waals surface area (Å²) in [7, 11) is -7.11. The molecule has 0 saturated heterocycles. The maximum atomic E-state index is 13.9. The van der Waals surface area contributed by atoms with Crippen molar-refractivity contribution in [2.75, 3.05) is 0 Å². The van der Waals surface area contributed by atoms with Crippen LogP contribution in [0.1, 0.15) is 31.9 Å². The molecule has 0 atom stereocenters. The van der Waals surface area contributed by atoms with E-state index in [1.54, 1.807) is 55.7 Å². The molecular formula is C28H30N2O4S2. The smallest absolute Gasteiger partial charge is 0.307 e. The highest BCUT2D eigenvalue weighted by atomic mass is 32.3. The molecule has 0 saturated carbocycles. The zero-order valence-electron chi connectivity index (χ0n) is 21.0. The van der Waals surface area contributed by atoms with Gasteiger partial charge in [-0.05, 0) is 94.8 Å². The first-order chi connectivity index (χ1) is 17.0. The van der Waals surface area contributed by atoms with Crippen molar-refractivity contribution in [1.82, 2.24) is 9.97 Å². The molecule has 0 aliphatic carbocycles. The lowest BCUT2D eigenvalue weighted by Gasteiger charge is -2.37. The Kier molecular flexibility index (Phi) is 7.22. The van der Waals surface area contributed by atoms with Crippen molar-refractivity contribution in [2.24, 2.45) is 0 Å². The topological polar surface area (TPSA) is 78.4 Å². The fraction of sp³-hybridized carbons (Fsp3) is 0.214. The molecule has 0 aliphatic rings. The van der Waals surface area contributed by atoms with Gasteiger partial charge in [0.2, 0.25) is 0 Å². The van der Waals surface area contributed by atoms with Crippen LogP contribution in [-0.4, -0.2) is 24.0 Å². The van der Waals surface area contributed by atoms with Gasteiger partial charge in [0.1, 0.15) is 21.4 Å². The standard InChI is InChI=1S/C28H30N2O4S2/c1-21-12-17-25(22(2)20-21)36(31,32)34-35(26-10-6-8-18-29-26,27-11-7-9-19-30-27)24-15-13-23(14-16-24)33-28(3,4)5/h6-20H,1-5H3. The van der Waals surface area contributed by atoms with Gasteiger partial charge in [0.25, 0.3) is 0 Å². The molecule has 36 heavy (non-hydrogen) atoms. The molecule has 0 bridgehead atoms. The van der Waals surface area contributed by atoms with E-state index >= 15 is 0 Å². The highest BCUT2D eigenvalue weighted by Crippen LogP contribution is 2.69. The van der Waals surface area contributed by atoms with E-state index in [4.69, 9.17) is 8.37 Å². The fourth-order valence-corrected chi connectivity index (χ4v) is 8.90. The van der Waals surface area contributed by atoms with Gasteiger partial charge < -0.3 is 4.74 Å². The monoisotopic (exact) mass is 522 g/mol. The largest absolute Gasteiger partial charge is 0.488 e. The van der Waals surface area contributed by atoms with Gasteiger partial charge in [0.15, 0.2) is 0 Å². The van der Waals surface area contributed by atoms with Crippen LogP contribution in [-0.2, 0) is 13.7 Å². The van der Waals surface area contributed by atoms with Crippen LogP contribution >= 0.6 is 10.3 Å². The third kappa shape index (κ3) is 5.46. The van der Waals surface area contributed by atoms with Gasteiger partial charge in [0.05, 0.1) is 4.90 Å². The molecule has 2 heterocycles.